The van der Waals surface area contributed by atoms with Gasteiger partial charge in [-0.1, -0.05) is 51.9 Å². The Morgan fingerprint density at radius 2 is 1.48 bits per heavy atom. The van der Waals surface area contributed by atoms with Gasteiger partial charge in [0.15, 0.2) is 6.10 Å². The molecule has 5 nitrogen and oxygen atoms in total. The van der Waals surface area contributed by atoms with E-state index in [-0.39, 0.29) is 12.4 Å². The second kappa shape index (κ2) is 12.3. The Morgan fingerprint density at radius 1 is 0.957 bits per heavy atom. The van der Waals surface area contributed by atoms with Crippen molar-refractivity contribution in [3.8, 4) is 0 Å². The third-order valence-electron chi connectivity index (χ3n) is 3.68. The fraction of sp³-hybridized carbons (Fsp3) is 0.889. The summed E-state index contributed by atoms with van der Waals surface area (Å²) < 4.78 is 5.87. The number of aliphatic carboxylic acids is 1. The van der Waals surface area contributed by atoms with Crippen molar-refractivity contribution in [2.45, 2.75) is 77.2 Å². The number of hydrogen-bond acceptors (Lipinski definition) is 4. The summed E-state index contributed by atoms with van der Waals surface area (Å²) in [6.45, 7) is 2.68. The van der Waals surface area contributed by atoms with Crippen molar-refractivity contribution in [1.82, 2.24) is 0 Å². The van der Waals surface area contributed by atoms with E-state index in [0.29, 0.717) is 17.4 Å². The lowest BCUT2D eigenvalue weighted by Crippen LogP contribution is -2.45. The first-order valence-electron chi connectivity index (χ1n) is 8.94. The molecule has 0 aromatic heterocycles. The van der Waals surface area contributed by atoms with E-state index in [2.05, 4.69) is 6.92 Å². The van der Waals surface area contributed by atoms with Crippen molar-refractivity contribution >= 4 is 11.9 Å². The molecule has 0 N–H and O–H groups in total. The number of quaternary nitrogens is 1. The Morgan fingerprint density at radius 3 is 1.96 bits per heavy atom. The average molecular weight is 329 g/mol. The molecule has 136 valence electrons. The van der Waals surface area contributed by atoms with E-state index < -0.39 is 12.1 Å². The molecule has 5 heteroatoms. The first-order chi connectivity index (χ1) is 10.7. The fourth-order valence-electron chi connectivity index (χ4n) is 2.59. The number of carbonyl (C=O) groups excluding carboxylic acids is 2. The van der Waals surface area contributed by atoms with E-state index in [0.717, 1.165) is 19.3 Å². The van der Waals surface area contributed by atoms with Gasteiger partial charge in [0.1, 0.15) is 6.54 Å². The molecule has 0 fully saturated rings. The van der Waals surface area contributed by atoms with E-state index in [4.69, 9.17) is 4.74 Å². The largest absolute Gasteiger partial charge is 0.550 e. The van der Waals surface area contributed by atoms with Crippen LogP contribution in [-0.4, -0.2) is 50.2 Å². The van der Waals surface area contributed by atoms with Gasteiger partial charge in [-0.2, -0.15) is 0 Å². The Bertz CT molecular complexity index is 336. The maximum atomic E-state index is 11.9. The average Bonchev–Trinajstić information content (AvgIpc) is 2.39. The van der Waals surface area contributed by atoms with E-state index >= 15 is 0 Å². The van der Waals surface area contributed by atoms with Crippen molar-refractivity contribution in [2.75, 3.05) is 27.7 Å². The lowest BCUT2D eigenvalue weighted by Gasteiger charge is -2.29. The molecule has 0 saturated carbocycles. The summed E-state index contributed by atoms with van der Waals surface area (Å²) in [6.07, 6.45) is 8.88. The van der Waals surface area contributed by atoms with Crippen LogP contribution in [0.3, 0.4) is 0 Å². The molecule has 1 atom stereocenters. The molecule has 0 aromatic carbocycles. The van der Waals surface area contributed by atoms with Gasteiger partial charge in [-0.25, -0.2) is 0 Å². The van der Waals surface area contributed by atoms with Crippen LogP contribution in [-0.2, 0) is 14.3 Å². The third kappa shape index (κ3) is 15.6. The maximum Gasteiger partial charge on any atom is 0.306 e. The van der Waals surface area contributed by atoms with Crippen LogP contribution in [0.5, 0.6) is 0 Å². The second-order valence-electron chi connectivity index (χ2n) is 7.39. The Labute approximate surface area is 141 Å². The van der Waals surface area contributed by atoms with Crippen molar-refractivity contribution in [3.63, 3.8) is 0 Å². The van der Waals surface area contributed by atoms with E-state index in [1.807, 2.05) is 21.1 Å². The third-order valence-corrected chi connectivity index (χ3v) is 3.68. The predicted molar refractivity (Wildman–Crippen MR) is 89.6 cm³/mol. The van der Waals surface area contributed by atoms with Crippen LogP contribution in [0.2, 0.25) is 0 Å². The zero-order valence-corrected chi connectivity index (χ0v) is 15.4. The standard InChI is InChI=1S/C18H35NO4/c1-5-6-7-8-9-10-11-12-13-18(22)23-16(14-17(20)21)15-19(2,3)4/h16H,5-15H2,1-4H3/t16-/m1/s1. The van der Waals surface area contributed by atoms with Crippen LogP contribution < -0.4 is 5.11 Å². The van der Waals surface area contributed by atoms with Crippen molar-refractivity contribution < 1.29 is 23.9 Å². The minimum Gasteiger partial charge on any atom is -0.550 e. The predicted octanol–water partition coefficient (Wildman–Crippen LogP) is 2.28. The molecule has 23 heavy (non-hydrogen) atoms. The van der Waals surface area contributed by atoms with Crippen molar-refractivity contribution in [2.24, 2.45) is 0 Å². The molecule has 0 unspecified atom stereocenters. The first-order valence-corrected chi connectivity index (χ1v) is 8.94. The van der Waals surface area contributed by atoms with Crippen LogP contribution in [0.1, 0.15) is 71.1 Å². The minimum absolute atomic E-state index is 0.237. The monoisotopic (exact) mass is 329 g/mol. The number of carboxylic acid groups (broad SMARTS) is 1. The summed E-state index contributed by atoms with van der Waals surface area (Å²) in [7, 11) is 5.82. The molecule has 0 bridgehead atoms. The molecule has 0 radical (unpaired) electrons. The lowest BCUT2D eigenvalue weighted by atomic mass is 10.1. The quantitative estimate of drug-likeness (QED) is 0.278. The lowest BCUT2D eigenvalue weighted by molar-refractivity contribution is -0.873. The summed E-state index contributed by atoms with van der Waals surface area (Å²) in [5, 5.41) is 10.8. The van der Waals surface area contributed by atoms with Gasteiger partial charge < -0.3 is 19.1 Å². The number of esters is 1. The summed E-state index contributed by atoms with van der Waals surface area (Å²) in [4.78, 5) is 22.6. The summed E-state index contributed by atoms with van der Waals surface area (Å²) >= 11 is 0. The van der Waals surface area contributed by atoms with Gasteiger partial charge in [-0.3, -0.25) is 4.79 Å². The molecule has 0 heterocycles. The topological polar surface area (TPSA) is 66.4 Å². The van der Waals surface area contributed by atoms with E-state index in [1.54, 1.807) is 0 Å². The van der Waals surface area contributed by atoms with Gasteiger partial charge in [0, 0.05) is 18.8 Å². The van der Waals surface area contributed by atoms with Crippen LogP contribution in [0.15, 0.2) is 0 Å². The van der Waals surface area contributed by atoms with Crippen LogP contribution in [0, 0.1) is 0 Å². The number of rotatable bonds is 14. The highest BCUT2D eigenvalue weighted by Gasteiger charge is 2.22. The highest BCUT2D eigenvalue weighted by atomic mass is 16.5. The summed E-state index contributed by atoms with van der Waals surface area (Å²) in [5.41, 5.74) is 0. The molecule has 0 amide bonds. The normalized spacial score (nSPS) is 12.9. The number of likely N-dealkylation sites (N-methyl/N-ethyl adjacent to an activating group) is 1. The SMILES string of the molecule is CCCCCCCCCCC(=O)O[C@H](CC(=O)[O-])C[N+](C)(C)C. The molecule has 0 spiro atoms. The molecule has 0 aromatic rings. The number of hydrogen-bond donors (Lipinski definition) is 0. The Kier molecular flexibility index (Phi) is 11.7. The molecule has 0 aliphatic rings. The Hall–Kier alpha value is -1.10. The van der Waals surface area contributed by atoms with Crippen LogP contribution in [0.4, 0.5) is 0 Å². The zero-order valence-electron chi connectivity index (χ0n) is 15.4. The Balaban J connectivity index is 3.88. The maximum absolute atomic E-state index is 11.9. The second-order valence-corrected chi connectivity index (χ2v) is 7.39. The number of unbranched alkanes of at least 4 members (excludes halogenated alkanes) is 7. The number of ether oxygens (including phenoxy) is 1. The highest BCUT2D eigenvalue weighted by Crippen LogP contribution is 2.11. The van der Waals surface area contributed by atoms with Crippen LogP contribution in [0.25, 0.3) is 0 Å². The first kappa shape index (κ1) is 21.9. The molecular weight excluding hydrogens is 294 g/mol. The number of carbonyl (C=O) groups is 2. The highest BCUT2D eigenvalue weighted by molar-refractivity contribution is 5.70. The van der Waals surface area contributed by atoms with Gasteiger partial charge in [0.2, 0.25) is 0 Å². The smallest absolute Gasteiger partial charge is 0.306 e. The minimum atomic E-state index is -1.18. The molecule has 0 saturated heterocycles. The molecular formula is C18H35NO4. The van der Waals surface area contributed by atoms with Gasteiger partial charge in [-0.15, -0.1) is 0 Å². The number of carboxylic acids is 1. The molecule has 0 aliphatic heterocycles. The molecule has 0 aliphatic carbocycles. The van der Waals surface area contributed by atoms with Gasteiger partial charge in [0.25, 0.3) is 0 Å². The summed E-state index contributed by atoms with van der Waals surface area (Å²) in [5.74, 6) is -1.47. The number of nitrogens with zero attached hydrogens (tertiary/aromatic N) is 1. The van der Waals surface area contributed by atoms with Crippen molar-refractivity contribution in [3.05, 3.63) is 0 Å². The van der Waals surface area contributed by atoms with E-state index in [1.165, 1.54) is 32.1 Å². The zero-order chi connectivity index (χ0) is 17.7. The summed E-state index contributed by atoms with van der Waals surface area (Å²) in [6, 6.07) is 0. The molecule has 0 rings (SSSR count). The van der Waals surface area contributed by atoms with Gasteiger partial charge in [-0.05, 0) is 6.42 Å². The van der Waals surface area contributed by atoms with Crippen LogP contribution >= 0.6 is 0 Å². The van der Waals surface area contributed by atoms with Crippen molar-refractivity contribution in [1.29, 1.82) is 0 Å². The van der Waals surface area contributed by atoms with Gasteiger partial charge in [0.05, 0.1) is 21.1 Å². The van der Waals surface area contributed by atoms with E-state index in [9.17, 15) is 14.7 Å². The fourth-order valence-corrected chi connectivity index (χ4v) is 2.59. The van der Waals surface area contributed by atoms with Gasteiger partial charge >= 0.3 is 5.97 Å².